The minimum Gasteiger partial charge on any atom is -0.367 e. The van der Waals surface area contributed by atoms with Crippen LogP contribution < -0.4 is 4.90 Å². The number of anilines is 1. The quantitative estimate of drug-likeness (QED) is 0.144. The van der Waals surface area contributed by atoms with Gasteiger partial charge in [-0.1, -0.05) is 72.8 Å². The normalized spacial score (nSPS) is 12.8. The SMILES string of the molecule is CCN(Cc1ccccc1)c1ccc(C(=C2C=CC(=[N+](CC)Cc3cccc(S(=O)(=O)O)c3)C=C2)c2c(C)cccc2C)cc1. The Morgan fingerprint density at radius 2 is 1.38 bits per heavy atom. The van der Waals surface area contributed by atoms with E-state index in [1.807, 2.05) is 6.07 Å². The molecule has 1 aliphatic rings. The van der Waals surface area contributed by atoms with Crippen molar-refractivity contribution in [3.05, 3.63) is 160 Å². The van der Waals surface area contributed by atoms with Crippen LogP contribution in [0.2, 0.25) is 0 Å². The van der Waals surface area contributed by atoms with E-state index < -0.39 is 10.1 Å². The van der Waals surface area contributed by atoms with Crippen LogP contribution in [0.1, 0.15) is 47.2 Å². The number of hydrogen-bond donors (Lipinski definition) is 1. The van der Waals surface area contributed by atoms with Crippen molar-refractivity contribution >= 4 is 27.1 Å². The molecule has 0 saturated heterocycles. The van der Waals surface area contributed by atoms with Crippen LogP contribution in [0.3, 0.4) is 0 Å². The van der Waals surface area contributed by atoms with E-state index in [-0.39, 0.29) is 4.90 Å². The first-order valence-corrected chi connectivity index (χ1v) is 16.9. The summed E-state index contributed by atoms with van der Waals surface area (Å²) in [7, 11) is -4.26. The van der Waals surface area contributed by atoms with Crippen molar-refractivity contribution in [3.8, 4) is 0 Å². The minimum absolute atomic E-state index is 0.0904. The molecule has 0 spiro atoms. The van der Waals surface area contributed by atoms with Crippen LogP contribution in [-0.4, -0.2) is 36.3 Å². The molecule has 45 heavy (non-hydrogen) atoms. The average Bonchev–Trinajstić information content (AvgIpc) is 3.05. The van der Waals surface area contributed by atoms with Gasteiger partial charge in [0.2, 0.25) is 0 Å². The summed E-state index contributed by atoms with van der Waals surface area (Å²) < 4.78 is 35.0. The van der Waals surface area contributed by atoms with E-state index in [0.717, 1.165) is 42.0 Å². The van der Waals surface area contributed by atoms with Crippen LogP contribution in [0.4, 0.5) is 5.69 Å². The third kappa shape index (κ3) is 7.59. The molecule has 0 radical (unpaired) electrons. The maximum atomic E-state index is 11.7. The smallest absolute Gasteiger partial charge is 0.294 e. The zero-order chi connectivity index (χ0) is 32.0. The fourth-order valence-electron chi connectivity index (χ4n) is 5.94. The molecule has 5 rings (SSSR count). The number of allylic oxidation sites excluding steroid dienone is 5. The van der Waals surface area contributed by atoms with Gasteiger partial charge in [-0.3, -0.25) is 4.55 Å². The van der Waals surface area contributed by atoms with Crippen LogP contribution >= 0.6 is 0 Å². The predicted molar refractivity (Wildman–Crippen MR) is 186 cm³/mol. The Hall–Kier alpha value is -4.52. The van der Waals surface area contributed by atoms with E-state index in [4.69, 9.17) is 0 Å². The molecule has 230 valence electrons. The van der Waals surface area contributed by atoms with E-state index in [0.29, 0.717) is 6.54 Å². The minimum atomic E-state index is -4.26. The van der Waals surface area contributed by atoms with E-state index in [2.05, 4.69) is 134 Å². The first-order chi connectivity index (χ1) is 21.7. The first-order valence-electron chi connectivity index (χ1n) is 15.4. The Bertz CT molecular complexity index is 1860. The monoisotopic (exact) mass is 617 g/mol. The van der Waals surface area contributed by atoms with Crippen LogP contribution in [0.15, 0.2) is 132 Å². The highest BCUT2D eigenvalue weighted by Gasteiger charge is 2.19. The van der Waals surface area contributed by atoms with Gasteiger partial charge in [0.05, 0.1) is 4.90 Å². The van der Waals surface area contributed by atoms with Crippen LogP contribution in [0, 0.1) is 13.8 Å². The van der Waals surface area contributed by atoms with Crippen molar-refractivity contribution in [2.24, 2.45) is 0 Å². The molecule has 4 aromatic carbocycles. The Morgan fingerprint density at radius 1 is 0.756 bits per heavy atom. The zero-order valence-electron chi connectivity index (χ0n) is 26.4. The number of hydrogen-bond acceptors (Lipinski definition) is 3. The second-order valence-corrected chi connectivity index (χ2v) is 12.8. The molecule has 0 aliphatic heterocycles. The highest BCUT2D eigenvalue weighted by Crippen LogP contribution is 2.35. The molecule has 0 fully saturated rings. The van der Waals surface area contributed by atoms with Crippen LogP contribution in [0.5, 0.6) is 0 Å². The van der Waals surface area contributed by atoms with Crippen molar-refractivity contribution in [2.75, 3.05) is 18.0 Å². The van der Waals surface area contributed by atoms with Gasteiger partial charge in [0, 0.05) is 36.5 Å². The topological polar surface area (TPSA) is 60.6 Å². The van der Waals surface area contributed by atoms with Gasteiger partial charge in [-0.15, -0.1) is 0 Å². The van der Waals surface area contributed by atoms with Crippen molar-refractivity contribution in [1.29, 1.82) is 0 Å². The molecule has 0 unspecified atom stereocenters. The summed E-state index contributed by atoms with van der Waals surface area (Å²) in [6.07, 6.45) is 8.61. The van der Waals surface area contributed by atoms with Crippen molar-refractivity contribution in [2.45, 2.75) is 45.7 Å². The van der Waals surface area contributed by atoms with Crippen molar-refractivity contribution in [3.63, 3.8) is 0 Å². The summed E-state index contributed by atoms with van der Waals surface area (Å²) in [6.45, 7) is 11.6. The summed E-state index contributed by atoms with van der Waals surface area (Å²) in [5.41, 5.74) is 11.5. The Balaban J connectivity index is 1.51. The van der Waals surface area contributed by atoms with E-state index in [1.165, 1.54) is 45.6 Å². The summed E-state index contributed by atoms with van der Waals surface area (Å²) >= 11 is 0. The lowest BCUT2D eigenvalue weighted by Crippen LogP contribution is -2.21. The molecule has 0 amide bonds. The molecule has 1 aliphatic carbocycles. The molecule has 0 atom stereocenters. The number of aryl methyl sites for hydroxylation is 2. The van der Waals surface area contributed by atoms with E-state index in [1.54, 1.807) is 6.07 Å². The van der Waals surface area contributed by atoms with Crippen molar-refractivity contribution in [1.82, 2.24) is 0 Å². The van der Waals surface area contributed by atoms with Gasteiger partial charge < -0.3 is 4.90 Å². The molecule has 0 bridgehead atoms. The Morgan fingerprint density at radius 3 is 1.98 bits per heavy atom. The molecular weight excluding hydrogens is 577 g/mol. The van der Waals surface area contributed by atoms with Gasteiger partial charge in [-0.05, 0) is 103 Å². The van der Waals surface area contributed by atoms with Crippen molar-refractivity contribution < 1.29 is 17.5 Å². The lowest BCUT2D eigenvalue weighted by atomic mass is 9.86. The molecule has 5 nitrogen and oxygen atoms in total. The standard InChI is InChI=1S/C39H40N2O3S/c1-5-40(27-31-14-8-7-9-15-31)35-22-18-33(19-23-35)39(38-29(3)12-10-13-30(38)4)34-20-24-36(25-21-34)41(6-2)28-32-16-11-17-37(26-32)45(42,43)44/h7-26H,5-6,27-28H2,1-4H3/p+1. The summed E-state index contributed by atoms with van der Waals surface area (Å²) in [4.78, 5) is 2.30. The molecule has 6 heteroatoms. The lowest BCUT2D eigenvalue weighted by molar-refractivity contribution is -0.539. The van der Waals surface area contributed by atoms with Gasteiger partial charge in [0.15, 0.2) is 12.3 Å². The largest absolute Gasteiger partial charge is 0.367 e. The van der Waals surface area contributed by atoms with Gasteiger partial charge in [-0.2, -0.15) is 8.42 Å². The average molecular weight is 618 g/mol. The van der Waals surface area contributed by atoms with Gasteiger partial charge in [0.25, 0.3) is 10.1 Å². The van der Waals surface area contributed by atoms with Crippen LogP contribution in [-0.2, 0) is 23.2 Å². The highest BCUT2D eigenvalue weighted by atomic mass is 32.2. The Kier molecular flexibility index (Phi) is 9.96. The molecular formula is C39H41N2O3S+. The number of benzene rings is 4. The predicted octanol–water partition coefficient (Wildman–Crippen LogP) is 8.18. The zero-order valence-corrected chi connectivity index (χ0v) is 27.3. The van der Waals surface area contributed by atoms with E-state index in [9.17, 15) is 13.0 Å². The van der Waals surface area contributed by atoms with Gasteiger partial charge >= 0.3 is 0 Å². The number of rotatable bonds is 10. The molecule has 0 heterocycles. The maximum absolute atomic E-state index is 11.7. The second-order valence-electron chi connectivity index (χ2n) is 11.4. The fraction of sp³-hybridized carbons (Fsp3) is 0.205. The van der Waals surface area contributed by atoms with Crippen LogP contribution in [0.25, 0.3) is 5.57 Å². The third-order valence-electron chi connectivity index (χ3n) is 8.32. The first kappa shape index (κ1) is 31.9. The van der Waals surface area contributed by atoms with Gasteiger partial charge in [0.1, 0.15) is 6.54 Å². The summed E-state index contributed by atoms with van der Waals surface area (Å²) in [5.74, 6) is 0. The van der Waals surface area contributed by atoms with E-state index >= 15 is 0 Å². The molecule has 0 aromatic heterocycles. The fourth-order valence-corrected chi connectivity index (χ4v) is 6.49. The Labute approximate surface area is 267 Å². The maximum Gasteiger partial charge on any atom is 0.294 e. The second kappa shape index (κ2) is 14.1. The summed E-state index contributed by atoms with van der Waals surface area (Å²) in [5, 5.41) is 0. The molecule has 0 saturated carbocycles. The lowest BCUT2D eigenvalue weighted by Gasteiger charge is -2.24. The molecule has 4 aromatic rings. The molecule has 1 N–H and O–H groups in total. The van der Waals surface area contributed by atoms with Gasteiger partial charge in [-0.25, -0.2) is 4.58 Å². The highest BCUT2D eigenvalue weighted by molar-refractivity contribution is 7.85. The number of nitrogens with zero attached hydrogens (tertiary/aromatic N) is 2. The third-order valence-corrected chi connectivity index (χ3v) is 9.17. The summed E-state index contributed by atoms with van der Waals surface area (Å²) in [6, 6.07) is 32.4.